The molecule has 1 fully saturated rings. The van der Waals surface area contributed by atoms with Gasteiger partial charge in [0.1, 0.15) is 5.76 Å². The van der Waals surface area contributed by atoms with Crippen LogP contribution >= 0.6 is 0 Å². The van der Waals surface area contributed by atoms with E-state index >= 15 is 0 Å². The summed E-state index contributed by atoms with van der Waals surface area (Å²) in [6.45, 7) is 4.56. The molecule has 0 saturated carbocycles. The molecule has 1 aliphatic heterocycles. The van der Waals surface area contributed by atoms with Crippen LogP contribution in [0.15, 0.2) is 22.8 Å². The van der Waals surface area contributed by atoms with Crippen molar-refractivity contribution in [3.05, 3.63) is 24.2 Å². The third kappa shape index (κ3) is 3.49. The lowest BCUT2D eigenvalue weighted by Gasteiger charge is -2.28. The molecule has 2 amide bonds. The zero-order chi connectivity index (χ0) is 12.1. The minimum absolute atomic E-state index is 0.0210. The summed E-state index contributed by atoms with van der Waals surface area (Å²) in [5.74, 6) is 0.889. The molecule has 5 heteroatoms. The molecule has 1 aromatic heterocycles. The van der Waals surface area contributed by atoms with E-state index in [4.69, 9.17) is 9.15 Å². The summed E-state index contributed by atoms with van der Waals surface area (Å²) in [5, 5.41) is 2.96. The maximum atomic E-state index is 11.9. The van der Waals surface area contributed by atoms with E-state index < -0.39 is 0 Å². The first-order valence-electron chi connectivity index (χ1n) is 5.91. The summed E-state index contributed by atoms with van der Waals surface area (Å²) < 4.78 is 10.4. The zero-order valence-corrected chi connectivity index (χ0v) is 10.0. The van der Waals surface area contributed by atoms with Gasteiger partial charge < -0.3 is 19.4 Å². The summed E-state index contributed by atoms with van der Waals surface area (Å²) in [7, 11) is 0. The molecular weight excluding hydrogens is 220 g/mol. The number of nitrogens with one attached hydrogen (secondary N) is 1. The normalized spacial score (nSPS) is 17.8. The molecule has 94 valence electrons. The highest BCUT2D eigenvalue weighted by Gasteiger charge is 2.18. The molecule has 1 aromatic rings. The first-order chi connectivity index (χ1) is 8.25. The highest BCUT2D eigenvalue weighted by atomic mass is 16.5. The van der Waals surface area contributed by atoms with Crippen LogP contribution in [-0.2, 0) is 11.2 Å². The van der Waals surface area contributed by atoms with Crippen LogP contribution in [0.25, 0.3) is 0 Å². The highest BCUT2D eigenvalue weighted by Crippen LogP contribution is 2.05. The Morgan fingerprint density at radius 2 is 2.29 bits per heavy atom. The van der Waals surface area contributed by atoms with Crippen LogP contribution < -0.4 is 5.32 Å². The SMILES string of the molecule is CC(Cc1ccco1)NC(=O)N1CCOCC1. The van der Waals surface area contributed by atoms with E-state index in [1.54, 1.807) is 11.2 Å². The van der Waals surface area contributed by atoms with Crippen molar-refractivity contribution in [3.8, 4) is 0 Å². The summed E-state index contributed by atoms with van der Waals surface area (Å²) in [6.07, 6.45) is 2.36. The van der Waals surface area contributed by atoms with Crippen LogP contribution in [0, 0.1) is 0 Å². The third-order valence-corrected chi connectivity index (χ3v) is 2.76. The molecule has 1 unspecified atom stereocenters. The summed E-state index contributed by atoms with van der Waals surface area (Å²) in [5.41, 5.74) is 0. The Hall–Kier alpha value is -1.49. The molecule has 2 heterocycles. The molecule has 0 spiro atoms. The lowest BCUT2D eigenvalue weighted by molar-refractivity contribution is 0.0526. The monoisotopic (exact) mass is 238 g/mol. The predicted octanol–water partition coefficient (Wildman–Crippen LogP) is 1.25. The molecule has 0 radical (unpaired) electrons. The molecule has 17 heavy (non-hydrogen) atoms. The Morgan fingerprint density at radius 3 is 2.94 bits per heavy atom. The zero-order valence-electron chi connectivity index (χ0n) is 10.0. The second-order valence-corrected chi connectivity index (χ2v) is 4.23. The summed E-state index contributed by atoms with van der Waals surface area (Å²) in [4.78, 5) is 13.6. The van der Waals surface area contributed by atoms with Crippen molar-refractivity contribution in [2.24, 2.45) is 0 Å². The van der Waals surface area contributed by atoms with E-state index in [2.05, 4.69) is 5.32 Å². The predicted molar refractivity (Wildman–Crippen MR) is 62.8 cm³/mol. The van der Waals surface area contributed by atoms with Gasteiger partial charge >= 0.3 is 6.03 Å². The second kappa shape index (κ2) is 5.72. The fraction of sp³-hybridized carbons (Fsp3) is 0.583. The van der Waals surface area contributed by atoms with Crippen LogP contribution in [0.2, 0.25) is 0 Å². The van der Waals surface area contributed by atoms with Crippen molar-refractivity contribution >= 4 is 6.03 Å². The fourth-order valence-electron chi connectivity index (χ4n) is 1.85. The molecule has 2 rings (SSSR count). The largest absolute Gasteiger partial charge is 0.469 e. The number of hydrogen-bond acceptors (Lipinski definition) is 3. The third-order valence-electron chi connectivity index (χ3n) is 2.76. The van der Waals surface area contributed by atoms with Crippen LogP contribution in [-0.4, -0.2) is 43.3 Å². The Morgan fingerprint density at radius 1 is 1.53 bits per heavy atom. The van der Waals surface area contributed by atoms with Crippen molar-refractivity contribution < 1.29 is 13.9 Å². The van der Waals surface area contributed by atoms with E-state index in [-0.39, 0.29) is 12.1 Å². The Labute approximate surface area is 101 Å². The van der Waals surface area contributed by atoms with Gasteiger partial charge in [-0.1, -0.05) is 0 Å². The number of morpholine rings is 1. The number of carbonyl (C=O) groups excluding carboxylic acids is 1. The van der Waals surface area contributed by atoms with E-state index in [0.29, 0.717) is 32.7 Å². The first kappa shape index (κ1) is 12.0. The number of nitrogens with zero attached hydrogens (tertiary/aromatic N) is 1. The van der Waals surface area contributed by atoms with Crippen LogP contribution in [0.1, 0.15) is 12.7 Å². The molecule has 0 bridgehead atoms. The molecule has 1 atom stereocenters. The van der Waals surface area contributed by atoms with Crippen LogP contribution in [0.4, 0.5) is 4.79 Å². The van der Waals surface area contributed by atoms with E-state index in [0.717, 1.165) is 5.76 Å². The maximum absolute atomic E-state index is 11.9. The minimum atomic E-state index is -0.0210. The number of furan rings is 1. The number of amides is 2. The standard InChI is InChI=1S/C12H18N2O3/c1-10(9-11-3-2-6-17-11)13-12(15)14-4-7-16-8-5-14/h2-3,6,10H,4-5,7-9H2,1H3,(H,13,15). The van der Waals surface area contributed by atoms with Gasteiger partial charge in [-0.15, -0.1) is 0 Å². The number of hydrogen-bond donors (Lipinski definition) is 1. The molecule has 5 nitrogen and oxygen atoms in total. The average molecular weight is 238 g/mol. The highest BCUT2D eigenvalue weighted by molar-refractivity contribution is 5.74. The second-order valence-electron chi connectivity index (χ2n) is 4.23. The molecule has 0 aromatic carbocycles. The van der Waals surface area contributed by atoms with Crippen LogP contribution in [0.3, 0.4) is 0 Å². The number of urea groups is 1. The van der Waals surface area contributed by atoms with Crippen molar-refractivity contribution in [3.63, 3.8) is 0 Å². The van der Waals surface area contributed by atoms with Gasteiger partial charge in [-0.2, -0.15) is 0 Å². The van der Waals surface area contributed by atoms with E-state index in [1.165, 1.54) is 0 Å². The summed E-state index contributed by atoms with van der Waals surface area (Å²) in [6, 6.07) is 3.81. The van der Waals surface area contributed by atoms with E-state index in [9.17, 15) is 4.79 Å². The average Bonchev–Trinajstić information content (AvgIpc) is 2.82. The van der Waals surface area contributed by atoms with Gasteiger partial charge in [0, 0.05) is 25.6 Å². The van der Waals surface area contributed by atoms with Crippen LogP contribution in [0.5, 0.6) is 0 Å². The smallest absolute Gasteiger partial charge is 0.317 e. The lowest BCUT2D eigenvalue weighted by Crippen LogP contribution is -2.49. The van der Waals surface area contributed by atoms with Gasteiger partial charge in [0.15, 0.2) is 0 Å². The van der Waals surface area contributed by atoms with Gasteiger partial charge in [-0.05, 0) is 19.1 Å². The van der Waals surface area contributed by atoms with Gasteiger partial charge in [0.2, 0.25) is 0 Å². The fourth-order valence-corrected chi connectivity index (χ4v) is 1.85. The Balaban J connectivity index is 1.77. The number of carbonyl (C=O) groups is 1. The first-order valence-corrected chi connectivity index (χ1v) is 5.91. The molecule has 1 saturated heterocycles. The molecule has 0 aliphatic carbocycles. The topological polar surface area (TPSA) is 54.7 Å². The van der Waals surface area contributed by atoms with Crippen molar-refractivity contribution in [2.75, 3.05) is 26.3 Å². The number of ether oxygens (including phenoxy) is 1. The Kier molecular flexibility index (Phi) is 4.03. The van der Waals surface area contributed by atoms with Gasteiger partial charge in [0.25, 0.3) is 0 Å². The molecular formula is C12H18N2O3. The number of rotatable bonds is 3. The van der Waals surface area contributed by atoms with Gasteiger partial charge in [-0.25, -0.2) is 4.79 Å². The van der Waals surface area contributed by atoms with Gasteiger partial charge in [0.05, 0.1) is 19.5 Å². The van der Waals surface area contributed by atoms with E-state index in [1.807, 2.05) is 19.1 Å². The molecule has 1 N–H and O–H groups in total. The summed E-state index contributed by atoms with van der Waals surface area (Å²) >= 11 is 0. The van der Waals surface area contributed by atoms with Crippen molar-refractivity contribution in [1.29, 1.82) is 0 Å². The minimum Gasteiger partial charge on any atom is -0.469 e. The lowest BCUT2D eigenvalue weighted by atomic mass is 10.2. The molecule has 1 aliphatic rings. The van der Waals surface area contributed by atoms with Crippen molar-refractivity contribution in [1.82, 2.24) is 10.2 Å². The Bertz CT molecular complexity index is 345. The van der Waals surface area contributed by atoms with Gasteiger partial charge in [-0.3, -0.25) is 0 Å². The quantitative estimate of drug-likeness (QED) is 0.862. The maximum Gasteiger partial charge on any atom is 0.317 e. The van der Waals surface area contributed by atoms with Crippen molar-refractivity contribution in [2.45, 2.75) is 19.4 Å².